The molecule has 4 rings (SSSR count). The normalized spacial score (nSPS) is 14.9. The third-order valence-corrected chi connectivity index (χ3v) is 5.77. The van der Waals surface area contributed by atoms with Gasteiger partial charge in [-0.25, -0.2) is 4.79 Å². The summed E-state index contributed by atoms with van der Waals surface area (Å²) in [6.07, 6.45) is 3.70. The average Bonchev–Trinajstić information content (AvgIpc) is 3.30. The van der Waals surface area contributed by atoms with Crippen LogP contribution in [-0.4, -0.2) is 48.1 Å². The number of esters is 1. The summed E-state index contributed by atoms with van der Waals surface area (Å²) in [6, 6.07) is 22.0. The maximum absolute atomic E-state index is 12.5. The standard InChI is InChI=1S/C25H27N3O3/c1-31-25(30)23-8-5-15-28(23)22-13-16-27(17-14-22)18-24(29)26-21-11-9-20(10-12-21)19-6-3-2-4-7-19/h2-12,15,22H,13-14,16-18H2,1H3,(H,26,29). The van der Waals surface area contributed by atoms with Crippen molar-refractivity contribution < 1.29 is 14.3 Å². The van der Waals surface area contributed by atoms with Crippen LogP contribution in [0.15, 0.2) is 72.9 Å². The number of hydrogen-bond donors (Lipinski definition) is 1. The summed E-state index contributed by atoms with van der Waals surface area (Å²) in [7, 11) is 1.40. The molecule has 31 heavy (non-hydrogen) atoms. The highest BCUT2D eigenvalue weighted by molar-refractivity contribution is 5.92. The molecule has 0 aliphatic carbocycles. The van der Waals surface area contributed by atoms with E-state index in [1.165, 1.54) is 7.11 Å². The van der Waals surface area contributed by atoms with Crippen LogP contribution in [0.5, 0.6) is 0 Å². The van der Waals surface area contributed by atoms with E-state index in [2.05, 4.69) is 22.3 Å². The second-order valence-corrected chi connectivity index (χ2v) is 7.79. The summed E-state index contributed by atoms with van der Waals surface area (Å²) in [5, 5.41) is 2.99. The first-order valence-electron chi connectivity index (χ1n) is 10.6. The number of nitrogens with zero attached hydrogens (tertiary/aromatic N) is 2. The fourth-order valence-electron chi connectivity index (χ4n) is 4.13. The number of benzene rings is 2. The number of carbonyl (C=O) groups is 2. The topological polar surface area (TPSA) is 63.6 Å². The molecule has 3 aromatic rings. The maximum Gasteiger partial charge on any atom is 0.354 e. The zero-order valence-electron chi connectivity index (χ0n) is 17.7. The molecule has 1 N–H and O–H groups in total. The van der Waals surface area contributed by atoms with Gasteiger partial charge in [-0.2, -0.15) is 0 Å². The lowest BCUT2D eigenvalue weighted by Crippen LogP contribution is -2.40. The summed E-state index contributed by atoms with van der Waals surface area (Å²) in [5.41, 5.74) is 3.66. The van der Waals surface area contributed by atoms with Crippen LogP contribution in [0.3, 0.4) is 0 Å². The van der Waals surface area contributed by atoms with Gasteiger partial charge in [0, 0.05) is 31.0 Å². The number of aromatic nitrogens is 1. The monoisotopic (exact) mass is 417 g/mol. The Bertz CT molecular complexity index is 1020. The average molecular weight is 418 g/mol. The van der Waals surface area contributed by atoms with Gasteiger partial charge in [0.2, 0.25) is 5.91 Å². The van der Waals surface area contributed by atoms with Crippen LogP contribution < -0.4 is 5.32 Å². The van der Waals surface area contributed by atoms with E-state index in [0.717, 1.165) is 42.7 Å². The van der Waals surface area contributed by atoms with Crippen LogP contribution in [0.1, 0.15) is 29.4 Å². The molecule has 2 aromatic carbocycles. The van der Waals surface area contributed by atoms with E-state index in [1.807, 2.05) is 59.3 Å². The summed E-state index contributed by atoms with van der Waals surface area (Å²) in [4.78, 5) is 26.6. The molecule has 0 saturated carbocycles. The number of rotatable bonds is 6. The lowest BCUT2D eigenvalue weighted by atomic mass is 10.0. The largest absolute Gasteiger partial charge is 0.464 e. The van der Waals surface area contributed by atoms with Crippen molar-refractivity contribution in [1.29, 1.82) is 0 Å². The Balaban J connectivity index is 1.28. The van der Waals surface area contributed by atoms with Gasteiger partial charge < -0.3 is 14.6 Å². The van der Waals surface area contributed by atoms with Crippen LogP contribution in [-0.2, 0) is 9.53 Å². The molecular formula is C25H27N3O3. The van der Waals surface area contributed by atoms with Crippen molar-refractivity contribution in [2.75, 3.05) is 32.1 Å². The Kier molecular flexibility index (Phi) is 6.48. The molecule has 0 unspecified atom stereocenters. The first kappa shape index (κ1) is 20.9. The number of anilines is 1. The van der Waals surface area contributed by atoms with Crippen molar-refractivity contribution in [3.8, 4) is 11.1 Å². The number of carbonyl (C=O) groups excluding carboxylic acids is 2. The Labute approximate surface area is 182 Å². The Morgan fingerprint density at radius 2 is 1.61 bits per heavy atom. The Morgan fingerprint density at radius 1 is 0.935 bits per heavy atom. The van der Waals surface area contributed by atoms with Crippen LogP contribution in [0.25, 0.3) is 11.1 Å². The molecule has 0 atom stereocenters. The molecule has 1 fully saturated rings. The smallest absolute Gasteiger partial charge is 0.354 e. The fraction of sp³-hybridized carbons (Fsp3) is 0.280. The van der Waals surface area contributed by atoms with E-state index in [0.29, 0.717) is 12.2 Å². The molecule has 1 aromatic heterocycles. The second-order valence-electron chi connectivity index (χ2n) is 7.79. The van der Waals surface area contributed by atoms with Crippen LogP contribution >= 0.6 is 0 Å². The maximum atomic E-state index is 12.5. The molecule has 0 spiro atoms. The first-order valence-corrected chi connectivity index (χ1v) is 10.6. The predicted octanol–water partition coefficient (Wildman–Crippen LogP) is 4.22. The van der Waals surface area contributed by atoms with Crippen molar-refractivity contribution in [2.24, 2.45) is 0 Å². The van der Waals surface area contributed by atoms with Crippen molar-refractivity contribution in [1.82, 2.24) is 9.47 Å². The van der Waals surface area contributed by atoms with E-state index >= 15 is 0 Å². The molecule has 6 heteroatoms. The van der Waals surface area contributed by atoms with E-state index in [9.17, 15) is 9.59 Å². The van der Waals surface area contributed by atoms with Gasteiger partial charge in [0.15, 0.2) is 0 Å². The van der Waals surface area contributed by atoms with E-state index < -0.39 is 0 Å². The molecule has 160 valence electrons. The van der Waals surface area contributed by atoms with Gasteiger partial charge in [0.25, 0.3) is 0 Å². The summed E-state index contributed by atoms with van der Waals surface area (Å²) in [6.45, 7) is 1.98. The van der Waals surface area contributed by atoms with E-state index in [4.69, 9.17) is 4.74 Å². The van der Waals surface area contributed by atoms with Gasteiger partial charge in [-0.3, -0.25) is 9.69 Å². The molecule has 1 amide bonds. The number of ether oxygens (including phenoxy) is 1. The molecular weight excluding hydrogens is 390 g/mol. The third kappa shape index (κ3) is 5.03. The van der Waals surface area contributed by atoms with Gasteiger partial charge in [-0.15, -0.1) is 0 Å². The lowest BCUT2D eigenvalue weighted by molar-refractivity contribution is -0.117. The fourth-order valence-corrected chi connectivity index (χ4v) is 4.13. The number of amides is 1. The summed E-state index contributed by atoms with van der Waals surface area (Å²) in [5.74, 6) is -0.327. The van der Waals surface area contributed by atoms with Gasteiger partial charge in [-0.05, 0) is 48.2 Å². The number of methoxy groups -OCH3 is 1. The van der Waals surface area contributed by atoms with Crippen molar-refractivity contribution in [3.05, 3.63) is 78.6 Å². The molecule has 0 bridgehead atoms. The van der Waals surface area contributed by atoms with E-state index in [1.54, 1.807) is 6.07 Å². The van der Waals surface area contributed by atoms with Crippen LogP contribution in [0.4, 0.5) is 5.69 Å². The molecule has 6 nitrogen and oxygen atoms in total. The lowest BCUT2D eigenvalue weighted by Gasteiger charge is -2.32. The van der Waals surface area contributed by atoms with Crippen LogP contribution in [0.2, 0.25) is 0 Å². The summed E-state index contributed by atoms with van der Waals surface area (Å²) >= 11 is 0. The minimum absolute atomic E-state index is 0.0119. The van der Waals surface area contributed by atoms with Crippen LogP contribution in [0, 0.1) is 0 Å². The SMILES string of the molecule is COC(=O)c1cccn1C1CCN(CC(=O)Nc2ccc(-c3ccccc3)cc2)CC1. The Morgan fingerprint density at radius 3 is 2.29 bits per heavy atom. The molecule has 1 saturated heterocycles. The highest BCUT2D eigenvalue weighted by atomic mass is 16.5. The molecule has 2 heterocycles. The van der Waals surface area contributed by atoms with Gasteiger partial charge >= 0.3 is 5.97 Å². The summed E-state index contributed by atoms with van der Waals surface area (Å²) < 4.78 is 6.86. The quantitative estimate of drug-likeness (QED) is 0.610. The number of hydrogen-bond acceptors (Lipinski definition) is 4. The zero-order chi connectivity index (χ0) is 21.6. The molecule has 1 aliphatic heterocycles. The minimum atomic E-state index is -0.315. The number of likely N-dealkylation sites (tertiary alicyclic amines) is 1. The van der Waals surface area contributed by atoms with E-state index in [-0.39, 0.29) is 17.9 Å². The molecule has 0 radical (unpaired) electrons. The van der Waals surface area contributed by atoms with Gasteiger partial charge in [0.05, 0.1) is 13.7 Å². The highest BCUT2D eigenvalue weighted by Gasteiger charge is 2.24. The molecule has 1 aliphatic rings. The zero-order valence-corrected chi connectivity index (χ0v) is 17.7. The predicted molar refractivity (Wildman–Crippen MR) is 121 cm³/mol. The van der Waals surface area contributed by atoms with Gasteiger partial charge in [-0.1, -0.05) is 42.5 Å². The van der Waals surface area contributed by atoms with Crippen molar-refractivity contribution >= 4 is 17.6 Å². The van der Waals surface area contributed by atoms with Gasteiger partial charge in [0.1, 0.15) is 5.69 Å². The highest BCUT2D eigenvalue weighted by Crippen LogP contribution is 2.25. The second kappa shape index (κ2) is 9.62. The third-order valence-electron chi connectivity index (χ3n) is 5.77. The Hall–Kier alpha value is -3.38. The van der Waals surface area contributed by atoms with Crippen molar-refractivity contribution in [3.63, 3.8) is 0 Å². The van der Waals surface area contributed by atoms with Crippen molar-refractivity contribution in [2.45, 2.75) is 18.9 Å². The number of nitrogens with one attached hydrogen (secondary N) is 1. The first-order chi connectivity index (χ1) is 15.1. The number of piperidine rings is 1. The minimum Gasteiger partial charge on any atom is -0.464 e.